The molecule has 0 fully saturated rings. The summed E-state index contributed by atoms with van der Waals surface area (Å²) in [5.74, 6) is -0.673. The van der Waals surface area contributed by atoms with E-state index >= 15 is 0 Å². The first-order valence-electron chi connectivity index (χ1n) is 10.8. The van der Waals surface area contributed by atoms with Crippen molar-refractivity contribution >= 4 is 22.7 Å². The minimum atomic E-state index is -0.417. The van der Waals surface area contributed by atoms with Gasteiger partial charge in [-0.3, -0.25) is 23.9 Å². The maximum absolute atomic E-state index is 12.4. The Kier molecular flexibility index (Phi) is 8.51. The van der Waals surface area contributed by atoms with Crippen molar-refractivity contribution in [2.24, 2.45) is 0 Å². The highest BCUT2D eigenvalue weighted by atomic mass is 16.2. The Balaban J connectivity index is 1.36. The van der Waals surface area contributed by atoms with Gasteiger partial charge in [0, 0.05) is 19.6 Å². The maximum Gasteiger partial charge on any atom is 0.261 e. The van der Waals surface area contributed by atoms with Crippen LogP contribution in [0.3, 0.4) is 0 Å². The molecule has 3 rings (SSSR count). The third-order valence-corrected chi connectivity index (χ3v) is 5.16. The molecule has 0 aliphatic rings. The average molecular weight is 436 g/mol. The van der Waals surface area contributed by atoms with E-state index in [2.05, 4.69) is 39.6 Å². The Morgan fingerprint density at radius 3 is 2.53 bits per heavy atom. The number of para-hydroxylation sites is 1. The number of aromatic nitrogens is 2. The Morgan fingerprint density at radius 1 is 1.00 bits per heavy atom. The molecule has 0 saturated heterocycles. The number of hydrogen-bond donors (Lipinski definition) is 2. The van der Waals surface area contributed by atoms with Crippen molar-refractivity contribution in [2.45, 2.75) is 26.4 Å². The molecule has 0 atom stereocenters. The summed E-state index contributed by atoms with van der Waals surface area (Å²) in [6.07, 6.45) is 2.16. The number of hydrogen-bond acceptors (Lipinski definition) is 5. The van der Waals surface area contributed by atoms with Crippen LogP contribution in [0.4, 0.5) is 0 Å². The van der Waals surface area contributed by atoms with Crippen LogP contribution in [0.1, 0.15) is 18.9 Å². The standard InChI is InChI=1S/C24H29N5O3/c1-2-28(16-19-9-4-3-5-10-19)14-8-13-25-22(30)15-26-23(31)17-29-18-27-21-12-7-6-11-20(21)24(29)32/h3-7,9-12,18H,2,8,13-17H2,1H3,(H,25,30)(H,26,31). The number of carbonyl (C=O) groups excluding carboxylic acids is 2. The van der Waals surface area contributed by atoms with E-state index < -0.39 is 5.91 Å². The molecule has 0 unspecified atom stereocenters. The topological polar surface area (TPSA) is 96.3 Å². The van der Waals surface area contributed by atoms with Crippen LogP contribution in [0.5, 0.6) is 0 Å². The Bertz CT molecular complexity index is 1100. The smallest absolute Gasteiger partial charge is 0.261 e. The van der Waals surface area contributed by atoms with Crippen molar-refractivity contribution < 1.29 is 9.59 Å². The van der Waals surface area contributed by atoms with Gasteiger partial charge >= 0.3 is 0 Å². The molecule has 32 heavy (non-hydrogen) atoms. The molecule has 3 aromatic rings. The second-order valence-corrected chi connectivity index (χ2v) is 7.53. The highest BCUT2D eigenvalue weighted by Crippen LogP contribution is 2.05. The van der Waals surface area contributed by atoms with E-state index in [-0.39, 0.29) is 24.6 Å². The SMILES string of the molecule is CCN(CCCNC(=O)CNC(=O)Cn1cnc2ccccc2c1=O)Cc1ccccc1. The molecule has 168 valence electrons. The summed E-state index contributed by atoms with van der Waals surface area (Å²) in [6, 6.07) is 17.2. The summed E-state index contributed by atoms with van der Waals surface area (Å²) in [6.45, 7) is 5.02. The van der Waals surface area contributed by atoms with E-state index in [4.69, 9.17) is 0 Å². The molecule has 0 aliphatic carbocycles. The molecule has 2 amide bonds. The molecule has 2 N–H and O–H groups in total. The molecule has 0 radical (unpaired) electrons. The van der Waals surface area contributed by atoms with E-state index in [1.165, 1.54) is 16.5 Å². The molecule has 0 saturated carbocycles. The minimum absolute atomic E-state index is 0.129. The Morgan fingerprint density at radius 2 is 1.75 bits per heavy atom. The second-order valence-electron chi connectivity index (χ2n) is 7.53. The van der Waals surface area contributed by atoms with Crippen molar-refractivity contribution in [2.75, 3.05) is 26.2 Å². The first kappa shape index (κ1) is 23.1. The summed E-state index contributed by atoms with van der Waals surface area (Å²) in [4.78, 5) is 43.1. The number of fused-ring (bicyclic) bond motifs is 1. The Hall–Kier alpha value is -3.52. The van der Waals surface area contributed by atoms with E-state index in [9.17, 15) is 14.4 Å². The van der Waals surface area contributed by atoms with Crippen LogP contribution in [-0.4, -0.2) is 52.4 Å². The summed E-state index contributed by atoms with van der Waals surface area (Å²) in [7, 11) is 0. The van der Waals surface area contributed by atoms with E-state index in [1.807, 2.05) is 18.2 Å². The monoisotopic (exact) mass is 435 g/mol. The van der Waals surface area contributed by atoms with Gasteiger partial charge in [0.15, 0.2) is 0 Å². The molecule has 1 aromatic heterocycles. The zero-order valence-corrected chi connectivity index (χ0v) is 18.3. The highest BCUT2D eigenvalue weighted by molar-refractivity contribution is 5.84. The van der Waals surface area contributed by atoms with Crippen LogP contribution in [-0.2, 0) is 22.7 Å². The zero-order chi connectivity index (χ0) is 22.8. The lowest BCUT2D eigenvalue weighted by Gasteiger charge is -2.20. The lowest BCUT2D eigenvalue weighted by atomic mass is 10.2. The van der Waals surface area contributed by atoms with Gasteiger partial charge in [0.2, 0.25) is 11.8 Å². The highest BCUT2D eigenvalue weighted by Gasteiger charge is 2.10. The van der Waals surface area contributed by atoms with Gasteiger partial charge in [-0.2, -0.15) is 0 Å². The lowest BCUT2D eigenvalue weighted by molar-refractivity contribution is -0.126. The van der Waals surface area contributed by atoms with E-state index in [1.54, 1.807) is 24.3 Å². The normalized spacial score (nSPS) is 10.9. The summed E-state index contributed by atoms with van der Waals surface area (Å²) >= 11 is 0. The summed E-state index contributed by atoms with van der Waals surface area (Å²) < 4.78 is 1.24. The van der Waals surface area contributed by atoms with Crippen LogP contribution in [0.25, 0.3) is 10.9 Å². The molecule has 2 aromatic carbocycles. The lowest BCUT2D eigenvalue weighted by Crippen LogP contribution is -2.40. The molecule has 8 nitrogen and oxygen atoms in total. The predicted molar refractivity (Wildman–Crippen MR) is 124 cm³/mol. The van der Waals surface area contributed by atoms with Gasteiger partial charge < -0.3 is 10.6 Å². The van der Waals surface area contributed by atoms with Crippen molar-refractivity contribution in [3.63, 3.8) is 0 Å². The van der Waals surface area contributed by atoms with E-state index in [0.29, 0.717) is 17.4 Å². The number of nitrogens with one attached hydrogen (secondary N) is 2. The third-order valence-electron chi connectivity index (χ3n) is 5.16. The fourth-order valence-electron chi connectivity index (χ4n) is 3.39. The largest absolute Gasteiger partial charge is 0.355 e. The molecular weight excluding hydrogens is 406 g/mol. The Labute approximate surface area is 187 Å². The maximum atomic E-state index is 12.4. The number of benzene rings is 2. The molecule has 0 aliphatic heterocycles. The first-order chi connectivity index (χ1) is 15.6. The van der Waals surface area contributed by atoms with Crippen LogP contribution >= 0.6 is 0 Å². The van der Waals surface area contributed by atoms with Gasteiger partial charge in [0.05, 0.1) is 23.8 Å². The van der Waals surface area contributed by atoms with Crippen LogP contribution in [0.15, 0.2) is 65.7 Å². The number of carbonyl (C=O) groups is 2. The van der Waals surface area contributed by atoms with E-state index in [0.717, 1.165) is 26.1 Å². The predicted octanol–water partition coefficient (Wildman–Crippen LogP) is 1.54. The molecule has 8 heteroatoms. The third kappa shape index (κ3) is 6.75. The molecule has 0 spiro atoms. The minimum Gasteiger partial charge on any atom is -0.355 e. The summed E-state index contributed by atoms with van der Waals surface area (Å²) in [5.41, 5.74) is 1.56. The van der Waals surface area contributed by atoms with Crippen molar-refractivity contribution in [1.82, 2.24) is 25.1 Å². The fourth-order valence-corrected chi connectivity index (χ4v) is 3.39. The van der Waals surface area contributed by atoms with Crippen LogP contribution in [0, 0.1) is 0 Å². The van der Waals surface area contributed by atoms with Crippen LogP contribution < -0.4 is 16.2 Å². The van der Waals surface area contributed by atoms with Gasteiger partial charge in [-0.15, -0.1) is 0 Å². The molecule has 0 bridgehead atoms. The van der Waals surface area contributed by atoms with Crippen molar-refractivity contribution in [1.29, 1.82) is 0 Å². The molecule has 1 heterocycles. The first-order valence-corrected chi connectivity index (χ1v) is 10.8. The van der Waals surface area contributed by atoms with Crippen molar-refractivity contribution in [3.05, 3.63) is 76.8 Å². The average Bonchev–Trinajstić information content (AvgIpc) is 2.82. The van der Waals surface area contributed by atoms with Gasteiger partial charge in [0.1, 0.15) is 6.54 Å². The van der Waals surface area contributed by atoms with Crippen molar-refractivity contribution in [3.8, 4) is 0 Å². The van der Waals surface area contributed by atoms with Gasteiger partial charge in [-0.05, 0) is 30.7 Å². The number of amides is 2. The molecular formula is C24H29N5O3. The number of nitrogens with zero attached hydrogens (tertiary/aromatic N) is 3. The van der Waals surface area contributed by atoms with Gasteiger partial charge in [-0.1, -0.05) is 49.4 Å². The second kappa shape index (κ2) is 11.8. The quantitative estimate of drug-likeness (QED) is 0.446. The van der Waals surface area contributed by atoms with Gasteiger partial charge in [0.25, 0.3) is 5.56 Å². The zero-order valence-electron chi connectivity index (χ0n) is 18.3. The van der Waals surface area contributed by atoms with Gasteiger partial charge in [-0.25, -0.2) is 4.98 Å². The fraction of sp³-hybridized carbons (Fsp3) is 0.333. The van der Waals surface area contributed by atoms with Crippen LogP contribution in [0.2, 0.25) is 0 Å². The number of rotatable bonds is 11. The summed E-state index contributed by atoms with van der Waals surface area (Å²) in [5, 5.41) is 5.82.